The van der Waals surface area contributed by atoms with E-state index in [0.717, 1.165) is 19.4 Å². The van der Waals surface area contributed by atoms with E-state index in [4.69, 9.17) is 0 Å². The van der Waals surface area contributed by atoms with Gasteiger partial charge in [-0.15, -0.1) is 0 Å². The Morgan fingerprint density at radius 3 is 2.78 bits per heavy atom. The summed E-state index contributed by atoms with van der Waals surface area (Å²) in [6, 6.07) is 10.7. The number of carbonyl (C=O) groups is 1. The molecule has 3 nitrogen and oxygen atoms in total. The number of rotatable bonds is 6. The first-order chi connectivity index (χ1) is 8.81. The molecule has 0 aliphatic heterocycles. The van der Waals surface area contributed by atoms with Gasteiger partial charge in [-0.05, 0) is 18.4 Å². The molecule has 2 N–H and O–H groups in total. The lowest BCUT2D eigenvalue weighted by molar-refractivity contribution is 0.240. The molecule has 0 saturated heterocycles. The Kier molecular flexibility index (Phi) is 4.62. The summed E-state index contributed by atoms with van der Waals surface area (Å²) < 4.78 is 0. The van der Waals surface area contributed by atoms with E-state index in [0.29, 0.717) is 12.0 Å². The fourth-order valence-electron chi connectivity index (χ4n) is 2.22. The standard InChI is InChI=1S/C15H22N2O/c1-2-3-7-10-16-15(18)17-14-11-13(14)12-8-5-4-6-9-12/h4-6,8-9,13-14H,2-3,7,10-11H2,1H3,(H2,16,17,18). The van der Waals surface area contributed by atoms with Gasteiger partial charge < -0.3 is 10.6 Å². The average Bonchev–Trinajstić information content (AvgIpc) is 3.15. The van der Waals surface area contributed by atoms with Crippen molar-refractivity contribution >= 4 is 6.03 Å². The van der Waals surface area contributed by atoms with Crippen LogP contribution in [0, 0.1) is 0 Å². The second kappa shape index (κ2) is 6.43. The molecule has 0 spiro atoms. The molecule has 0 radical (unpaired) electrons. The molecule has 1 aromatic carbocycles. The van der Waals surface area contributed by atoms with Crippen molar-refractivity contribution in [2.75, 3.05) is 6.54 Å². The van der Waals surface area contributed by atoms with E-state index in [1.807, 2.05) is 6.07 Å². The fourth-order valence-corrected chi connectivity index (χ4v) is 2.22. The van der Waals surface area contributed by atoms with Crippen molar-refractivity contribution in [2.45, 2.75) is 44.6 Å². The van der Waals surface area contributed by atoms with Gasteiger partial charge in [0.15, 0.2) is 0 Å². The summed E-state index contributed by atoms with van der Waals surface area (Å²) in [4.78, 5) is 11.6. The summed E-state index contributed by atoms with van der Waals surface area (Å²) in [5.74, 6) is 0.507. The summed E-state index contributed by atoms with van der Waals surface area (Å²) >= 11 is 0. The van der Waals surface area contributed by atoms with E-state index >= 15 is 0 Å². The van der Waals surface area contributed by atoms with Gasteiger partial charge in [-0.1, -0.05) is 50.1 Å². The van der Waals surface area contributed by atoms with Crippen LogP contribution in [0.1, 0.15) is 44.1 Å². The van der Waals surface area contributed by atoms with E-state index in [1.54, 1.807) is 0 Å². The van der Waals surface area contributed by atoms with Crippen LogP contribution < -0.4 is 10.6 Å². The maximum atomic E-state index is 11.6. The zero-order chi connectivity index (χ0) is 12.8. The van der Waals surface area contributed by atoms with Crippen LogP contribution in [-0.2, 0) is 0 Å². The maximum Gasteiger partial charge on any atom is 0.315 e. The number of hydrogen-bond acceptors (Lipinski definition) is 1. The molecule has 0 heterocycles. The Morgan fingerprint density at radius 1 is 1.28 bits per heavy atom. The van der Waals surface area contributed by atoms with Gasteiger partial charge >= 0.3 is 6.03 Å². The highest BCUT2D eigenvalue weighted by Crippen LogP contribution is 2.40. The topological polar surface area (TPSA) is 41.1 Å². The minimum absolute atomic E-state index is 0.0189. The van der Waals surface area contributed by atoms with Crippen LogP contribution in [0.15, 0.2) is 30.3 Å². The number of nitrogens with one attached hydrogen (secondary N) is 2. The molecule has 1 saturated carbocycles. The van der Waals surface area contributed by atoms with Gasteiger partial charge in [0.1, 0.15) is 0 Å². The number of hydrogen-bond donors (Lipinski definition) is 2. The molecule has 1 fully saturated rings. The van der Waals surface area contributed by atoms with E-state index in [9.17, 15) is 4.79 Å². The monoisotopic (exact) mass is 246 g/mol. The Morgan fingerprint density at radius 2 is 2.06 bits per heavy atom. The minimum atomic E-state index is -0.0189. The summed E-state index contributed by atoms with van der Waals surface area (Å²) in [6.07, 6.45) is 4.49. The number of carbonyl (C=O) groups excluding carboxylic acids is 1. The highest BCUT2D eigenvalue weighted by molar-refractivity contribution is 5.74. The summed E-state index contributed by atoms with van der Waals surface area (Å²) in [7, 11) is 0. The van der Waals surface area contributed by atoms with Crippen molar-refractivity contribution in [3.63, 3.8) is 0 Å². The van der Waals surface area contributed by atoms with Gasteiger partial charge in [-0.25, -0.2) is 4.79 Å². The molecule has 2 unspecified atom stereocenters. The zero-order valence-corrected chi connectivity index (χ0v) is 11.0. The third-order valence-corrected chi connectivity index (χ3v) is 3.40. The van der Waals surface area contributed by atoms with Crippen LogP contribution >= 0.6 is 0 Å². The van der Waals surface area contributed by atoms with E-state index in [2.05, 4.69) is 41.8 Å². The van der Waals surface area contributed by atoms with Crippen molar-refractivity contribution in [3.8, 4) is 0 Å². The second-order valence-corrected chi connectivity index (χ2v) is 4.97. The molecule has 2 amide bonds. The molecule has 18 heavy (non-hydrogen) atoms. The normalized spacial score (nSPS) is 21.4. The van der Waals surface area contributed by atoms with Crippen molar-refractivity contribution in [1.82, 2.24) is 10.6 Å². The van der Waals surface area contributed by atoms with Crippen molar-refractivity contribution in [3.05, 3.63) is 35.9 Å². The highest BCUT2D eigenvalue weighted by Gasteiger charge is 2.39. The Hall–Kier alpha value is -1.51. The quantitative estimate of drug-likeness (QED) is 0.744. The summed E-state index contributed by atoms with van der Waals surface area (Å²) in [6.45, 7) is 2.94. The first-order valence-electron chi connectivity index (χ1n) is 6.90. The van der Waals surface area contributed by atoms with Crippen molar-refractivity contribution in [2.24, 2.45) is 0 Å². The first kappa shape index (κ1) is 12.9. The van der Waals surface area contributed by atoms with Gasteiger partial charge in [0.25, 0.3) is 0 Å². The van der Waals surface area contributed by atoms with Crippen LogP contribution in [0.3, 0.4) is 0 Å². The van der Waals surface area contributed by atoms with Gasteiger partial charge in [-0.2, -0.15) is 0 Å². The SMILES string of the molecule is CCCCCNC(=O)NC1CC1c1ccccc1. The Labute approximate surface area is 109 Å². The lowest BCUT2D eigenvalue weighted by atomic mass is 10.1. The summed E-state index contributed by atoms with van der Waals surface area (Å²) in [5, 5.41) is 5.94. The molecule has 0 aromatic heterocycles. The smallest absolute Gasteiger partial charge is 0.315 e. The molecule has 3 heteroatoms. The third kappa shape index (κ3) is 3.76. The van der Waals surface area contributed by atoms with Crippen LogP contribution in [0.5, 0.6) is 0 Å². The second-order valence-electron chi connectivity index (χ2n) is 4.97. The highest BCUT2D eigenvalue weighted by atomic mass is 16.2. The summed E-state index contributed by atoms with van der Waals surface area (Å²) in [5.41, 5.74) is 1.33. The molecule has 1 aliphatic rings. The van der Waals surface area contributed by atoms with Gasteiger partial charge in [0.05, 0.1) is 0 Å². The Bertz CT molecular complexity index is 377. The van der Waals surface area contributed by atoms with Crippen LogP contribution in [0.4, 0.5) is 4.79 Å². The van der Waals surface area contributed by atoms with E-state index in [1.165, 1.54) is 18.4 Å². The predicted octanol–water partition coefficient (Wildman–Crippen LogP) is 3.03. The minimum Gasteiger partial charge on any atom is -0.338 e. The number of benzene rings is 1. The number of amides is 2. The molecule has 0 bridgehead atoms. The largest absolute Gasteiger partial charge is 0.338 e. The molecular weight excluding hydrogens is 224 g/mol. The van der Waals surface area contributed by atoms with Crippen LogP contribution in [0.25, 0.3) is 0 Å². The average molecular weight is 246 g/mol. The lowest BCUT2D eigenvalue weighted by Crippen LogP contribution is -2.37. The first-order valence-corrected chi connectivity index (χ1v) is 6.90. The van der Waals surface area contributed by atoms with E-state index < -0.39 is 0 Å². The predicted molar refractivity (Wildman–Crippen MR) is 73.6 cm³/mol. The molecular formula is C15H22N2O. The van der Waals surface area contributed by atoms with Crippen LogP contribution in [-0.4, -0.2) is 18.6 Å². The maximum absolute atomic E-state index is 11.6. The Balaban J connectivity index is 1.65. The molecule has 1 aliphatic carbocycles. The third-order valence-electron chi connectivity index (χ3n) is 3.40. The number of unbranched alkanes of at least 4 members (excludes halogenated alkanes) is 2. The van der Waals surface area contributed by atoms with Gasteiger partial charge in [0, 0.05) is 18.5 Å². The van der Waals surface area contributed by atoms with Crippen LogP contribution in [0.2, 0.25) is 0 Å². The van der Waals surface area contributed by atoms with Gasteiger partial charge in [0.2, 0.25) is 0 Å². The fraction of sp³-hybridized carbons (Fsp3) is 0.533. The number of urea groups is 1. The molecule has 1 aromatic rings. The van der Waals surface area contributed by atoms with Gasteiger partial charge in [-0.3, -0.25) is 0 Å². The van der Waals surface area contributed by atoms with Crippen molar-refractivity contribution < 1.29 is 4.79 Å². The lowest BCUT2D eigenvalue weighted by Gasteiger charge is -2.07. The van der Waals surface area contributed by atoms with E-state index in [-0.39, 0.29) is 6.03 Å². The molecule has 2 rings (SSSR count). The molecule has 98 valence electrons. The molecule has 2 atom stereocenters. The van der Waals surface area contributed by atoms with Crippen molar-refractivity contribution in [1.29, 1.82) is 0 Å². The zero-order valence-electron chi connectivity index (χ0n) is 11.0.